The van der Waals surface area contributed by atoms with Gasteiger partial charge in [0.25, 0.3) is 10.0 Å². The summed E-state index contributed by atoms with van der Waals surface area (Å²) in [6, 6.07) is 11.4. The predicted molar refractivity (Wildman–Crippen MR) is 103 cm³/mol. The van der Waals surface area contributed by atoms with Crippen molar-refractivity contribution < 1.29 is 17.5 Å². The molecule has 0 amide bonds. The topological polar surface area (TPSA) is 59.0 Å². The number of hydrogen-bond donors (Lipinski definition) is 0. The van der Waals surface area contributed by atoms with E-state index in [-0.39, 0.29) is 16.7 Å². The maximum absolute atomic E-state index is 13.4. The van der Waals surface area contributed by atoms with Crippen LogP contribution in [0.2, 0.25) is 5.02 Å². The van der Waals surface area contributed by atoms with Crippen molar-refractivity contribution >= 4 is 27.5 Å². The van der Waals surface area contributed by atoms with Crippen LogP contribution < -0.4 is 4.74 Å². The number of ether oxygens (including phenoxy) is 1. The summed E-state index contributed by atoms with van der Waals surface area (Å²) in [6.45, 7) is 1.34. The Morgan fingerprint density at radius 1 is 1.11 bits per heavy atom. The SMILES string of the molecule is O=S1(=O)CCN2CCCC(c3ccc(Oc4cc(F)cc(Cl)c4)cc3)C2=N1. The minimum Gasteiger partial charge on any atom is -0.457 e. The van der Waals surface area contributed by atoms with Gasteiger partial charge in [0, 0.05) is 30.1 Å². The number of benzene rings is 2. The maximum Gasteiger partial charge on any atom is 0.256 e. The highest BCUT2D eigenvalue weighted by molar-refractivity contribution is 7.90. The maximum atomic E-state index is 13.4. The third-order valence-electron chi connectivity index (χ3n) is 4.76. The summed E-state index contributed by atoms with van der Waals surface area (Å²) in [5.74, 6) is 1.06. The molecule has 8 heteroatoms. The van der Waals surface area contributed by atoms with Gasteiger partial charge in [0.15, 0.2) is 0 Å². The minimum absolute atomic E-state index is 0.0495. The summed E-state index contributed by atoms with van der Waals surface area (Å²) in [5.41, 5.74) is 0.986. The summed E-state index contributed by atoms with van der Waals surface area (Å²) in [4.78, 5) is 2.06. The first-order valence-corrected chi connectivity index (χ1v) is 10.7. The van der Waals surface area contributed by atoms with E-state index >= 15 is 0 Å². The van der Waals surface area contributed by atoms with Crippen molar-refractivity contribution in [1.29, 1.82) is 0 Å². The first kappa shape index (κ1) is 18.3. The van der Waals surface area contributed by atoms with Crippen LogP contribution in [-0.4, -0.2) is 38.0 Å². The van der Waals surface area contributed by atoms with Crippen LogP contribution in [0.25, 0.3) is 0 Å². The summed E-state index contributed by atoms with van der Waals surface area (Å²) < 4.78 is 47.0. The number of rotatable bonds is 3. The molecule has 0 aliphatic carbocycles. The molecular formula is C19H18ClFN2O3S. The van der Waals surface area contributed by atoms with Gasteiger partial charge >= 0.3 is 0 Å². The molecule has 2 aromatic rings. The van der Waals surface area contributed by atoms with Gasteiger partial charge in [-0.2, -0.15) is 0 Å². The van der Waals surface area contributed by atoms with Gasteiger partial charge in [-0.3, -0.25) is 0 Å². The Labute approximate surface area is 162 Å². The molecule has 0 N–H and O–H groups in total. The van der Waals surface area contributed by atoms with Crippen LogP contribution in [-0.2, 0) is 10.0 Å². The van der Waals surface area contributed by atoms with Crippen LogP contribution >= 0.6 is 11.6 Å². The molecule has 5 nitrogen and oxygen atoms in total. The summed E-state index contributed by atoms with van der Waals surface area (Å²) in [6.07, 6.45) is 1.84. The van der Waals surface area contributed by atoms with Gasteiger partial charge in [-0.15, -0.1) is 4.40 Å². The average molecular weight is 409 g/mol. The first-order valence-electron chi connectivity index (χ1n) is 8.71. The lowest BCUT2D eigenvalue weighted by molar-refractivity contribution is 0.366. The molecule has 2 heterocycles. The number of amidine groups is 1. The Hall–Kier alpha value is -2.12. The highest BCUT2D eigenvalue weighted by Crippen LogP contribution is 2.33. The van der Waals surface area contributed by atoms with Crippen molar-refractivity contribution in [1.82, 2.24) is 4.90 Å². The Kier molecular flexibility index (Phi) is 4.82. The van der Waals surface area contributed by atoms with Gasteiger partial charge in [0.05, 0.1) is 5.75 Å². The molecule has 142 valence electrons. The molecular weight excluding hydrogens is 391 g/mol. The summed E-state index contributed by atoms with van der Waals surface area (Å²) in [7, 11) is -3.38. The fourth-order valence-corrected chi connectivity index (χ4v) is 4.80. The van der Waals surface area contributed by atoms with E-state index in [4.69, 9.17) is 16.3 Å². The number of sulfonamides is 1. The molecule has 1 saturated heterocycles. The molecule has 27 heavy (non-hydrogen) atoms. The summed E-state index contributed by atoms with van der Waals surface area (Å²) in [5, 5.41) is 0.264. The second-order valence-corrected chi connectivity index (χ2v) is 8.88. The van der Waals surface area contributed by atoms with Crippen LogP contribution in [0.5, 0.6) is 11.5 Å². The van der Waals surface area contributed by atoms with Gasteiger partial charge in [0.2, 0.25) is 0 Å². The van der Waals surface area contributed by atoms with Crippen molar-refractivity contribution in [2.24, 2.45) is 4.40 Å². The van der Waals surface area contributed by atoms with E-state index in [0.29, 0.717) is 23.9 Å². The van der Waals surface area contributed by atoms with E-state index in [1.54, 1.807) is 18.2 Å². The summed E-state index contributed by atoms with van der Waals surface area (Å²) >= 11 is 5.84. The average Bonchev–Trinajstić information content (AvgIpc) is 2.60. The molecule has 1 unspecified atom stereocenters. The zero-order valence-corrected chi connectivity index (χ0v) is 16.0. The Morgan fingerprint density at radius 3 is 2.63 bits per heavy atom. The van der Waals surface area contributed by atoms with Gasteiger partial charge < -0.3 is 9.64 Å². The lowest BCUT2D eigenvalue weighted by Gasteiger charge is -2.37. The van der Waals surface area contributed by atoms with Crippen molar-refractivity contribution in [2.75, 3.05) is 18.8 Å². The molecule has 0 aromatic heterocycles. The smallest absolute Gasteiger partial charge is 0.256 e. The Bertz CT molecular complexity index is 972. The highest BCUT2D eigenvalue weighted by atomic mass is 35.5. The number of fused-ring (bicyclic) bond motifs is 1. The van der Waals surface area contributed by atoms with Gasteiger partial charge in [-0.1, -0.05) is 23.7 Å². The first-order chi connectivity index (χ1) is 12.9. The Morgan fingerprint density at radius 2 is 1.89 bits per heavy atom. The van der Waals surface area contributed by atoms with Gasteiger partial charge in [-0.25, -0.2) is 12.8 Å². The lowest BCUT2D eigenvalue weighted by Crippen LogP contribution is -2.46. The highest BCUT2D eigenvalue weighted by Gasteiger charge is 2.33. The zero-order chi connectivity index (χ0) is 19.0. The van der Waals surface area contributed by atoms with Gasteiger partial charge in [-0.05, 0) is 42.7 Å². The van der Waals surface area contributed by atoms with Crippen LogP contribution in [0, 0.1) is 5.82 Å². The fraction of sp³-hybridized carbons (Fsp3) is 0.316. The monoisotopic (exact) mass is 408 g/mol. The molecule has 1 atom stereocenters. The number of hydrogen-bond acceptors (Lipinski definition) is 4. The minimum atomic E-state index is -3.38. The van der Waals surface area contributed by atoms with Crippen molar-refractivity contribution in [3.8, 4) is 11.5 Å². The molecule has 2 aromatic carbocycles. The molecule has 0 spiro atoms. The van der Waals surface area contributed by atoms with Crippen LogP contribution in [0.4, 0.5) is 4.39 Å². The number of halogens is 2. The molecule has 4 rings (SSSR count). The van der Waals surface area contributed by atoms with Crippen molar-refractivity contribution in [2.45, 2.75) is 18.8 Å². The predicted octanol–water partition coefficient (Wildman–Crippen LogP) is 4.19. The quantitative estimate of drug-likeness (QED) is 0.764. The number of piperidine rings is 1. The van der Waals surface area contributed by atoms with E-state index < -0.39 is 15.8 Å². The molecule has 0 radical (unpaired) electrons. The molecule has 0 saturated carbocycles. The Balaban J connectivity index is 1.57. The standard InChI is InChI=1S/C19H18ClFN2O3S/c20-14-10-15(21)12-17(11-14)26-16-5-3-13(4-6-16)18-2-1-7-23-8-9-27(24,25)22-19(18)23/h3-6,10-12,18H,1-2,7-9H2. The largest absolute Gasteiger partial charge is 0.457 e. The third kappa shape index (κ3) is 4.09. The van der Waals surface area contributed by atoms with E-state index in [2.05, 4.69) is 9.30 Å². The van der Waals surface area contributed by atoms with E-state index in [1.165, 1.54) is 12.1 Å². The second kappa shape index (κ2) is 7.13. The molecule has 1 fully saturated rings. The van der Waals surface area contributed by atoms with Crippen LogP contribution in [0.15, 0.2) is 46.9 Å². The van der Waals surface area contributed by atoms with E-state index in [1.807, 2.05) is 12.1 Å². The molecule has 2 aliphatic heterocycles. The van der Waals surface area contributed by atoms with E-state index in [9.17, 15) is 12.8 Å². The molecule has 0 bridgehead atoms. The van der Waals surface area contributed by atoms with E-state index in [0.717, 1.165) is 24.9 Å². The van der Waals surface area contributed by atoms with Crippen LogP contribution in [0.3, 0.4) is 0 Å². The van der Waals surface area contributed by atoms with Crippen molar-refractivity contribution in [3.05, 3.63) is 58.9 Å². The lowest BCUT2D eigenvalue weighted by atomic mass is 9.89. The molecule has 2 aliphatic rings. The second-order valence-electron chi connectivity index (χ2n) is 6.69. The normalized spacial score (nSPS) is 21.3. The van der Waals surface area contributed by atoms with Crippen LogP contribution in [0.1, 0.15) is 24.3 Å². The van der Waals surface area contributed by atoms with Crippen molar-refractivity contribution in [3.63, 3.8) is 0 Å². The third-order valence-corrected chi connectivity index (χ3v) is 6.14. The number of nitrogens with zero attached hydrogens (tertiary/aromatic N) is 2. The fourth-order valence-electron chi connectivity index (χ4n) is 3.52. The zero-order valence-electron chi connectivity index (χ0n) is 14.4. The van der Waals surface area contributed by atoms with Gasteiger partial charge in [0.1, 0.15) is 23.2 Å².